The lowest BCUT2D eigenvalue weighted by molar-refractivity contribution is 0.0593. The van der Waals surface area contributed by atoms with E-state index in [9.17, 15) is 13.6 Å². The van der Waals surface area contributed by atoms with E-state index >= 15 is 0 Å². The minimum Gasteiger partial charge on any atom is -0.464 e. The molecule has 0 aliphatic carbocycles. The number of aromatic nitrogens is 1. The fourth-order valence-electron chi connectivity index (χ4n) is 1.30. The van der Waals surface area contributed by atoms with Gasteiger partial charge in [-0.1, -0.05) is 0 Å². The third kappa shape index (κ3) is 2.54. The number of hydrogen-bond donors (Lipinski definition) is 1. The molecule has 17 heavy (non-hydrogen) atoms. The van der Waals surface area contributed by atoms with Gasteiger partial charge in [0.15, 0.2) is 0 Å². The molecule has 2 N–H and O–H groups in total. The number of pyridine rings is 1. The molecule has 0 aliphatic heterocycles. The van der Waals surface area contributed by atoms with Gasteiger partial charge in [0.1, 0.15) is 17.5 Å². The Kier molecular flexibility index (Phi) is 4.06. The number of ether oxygens (including phenoxy) is 1. The standard InChI is InChI=1S/C10H9F2N3O2/c1-17-10(16)7-2-5(9(11)12)6(3-13)8(4-14)15-7/h2,9H,3,13H2,1H3. The number of esters is 1. The van der Waals surface area contributed by atoms with Crippen molar-refractivity contribution in [1.82, 2.24) is 4.98 Å². The van der Waals surface area contributed by atoms with E-state index in [1.165, 1.54) is 0 Å². The van der Waals surface area contributed by atoms with Gasteiger partial charge in [0.2, 0.25) is 0 Å². The van der Waals surface area contributed by atoms with Gasteiger partial charge in [0.25, 0.3) is 6.43 Å². The molecular weight excluding hydrogens is 232 g/mol. The maximum absolute atomic E-state index is 12.7. The van der Waals surface area contributed by atoms with Crippen LogP contribution in [0.15, 0.2) is 6.07 Å². The highest BCUT2D eigenvalue weighted by Crippen LogP contribution is 2.25. The zero-order chi connectivity index (χ0) is 13.0. The van der Waals surface area contributed by atoms with Crippen molar-refractivity contribution in [3.8, 4) is 6.07 Å². The zero-order valence-corrected chi connectivity index (χ0v) is 8.91. The summed E-state index contributed by atoms with van der Waals surface area (Å²) in [7, 11) is 1.09. The monoisotopic (exact) mass is 241 g/mol. The lowest BCUT2D eigenvalue weighted by atomic mass is 10.1. The van der Waals surface area contributed by atoms with Gasteiger partial charge in [0, 0.05) is 17.7 Å². The van der Waals surface area contributed by atoms with Gasteiger partial charge in [-0.3, -0.25) is 0 Å². The third-order valence-electron chi connectivity index (χ3n) is 2.10. The average Bonchev–Trinajstić information content (AvgIpc) is 2.35. The fourth-order valence-corrected chi connectivity index (χ4v) is 1.30. The lowest BCUT2D eigenvalue weighted by Crippen LogP contribution is -2.12. The molecule has 5 nitrogen and oxygen atoms in total. The quantitative estimate of drug-likeness (QED) is 0.801. The van der Waals surface area contributed by atoms with Crippen molar-refractivity contribution < 1.29 is 18.3 Å². The largest absolute Gasteiger partial charge is 0.464 e. The Balaban J connectivity index is 3.47. The SMILES string of the molecule is COC(=O)c1cc(C(F)F)c(CN)c(C#N)n1. The summed E-state index contributed by atoms with van der Waals surface area (Å²) in [6.07, 6.45) is -2.84. The summed E-state index contributed by atoms with van der Waals surface area (Å²) >= 11 is 0. The van der Waals surface area contributed by atoms with E-state index in [2.05, 4.69) is 9.72 Å². The number of carbonyl (C=O) groups excluding carboxylic acids is 1. The van der Waals surface area contributed by atoms with Crippen LogP contribution in [0.25, 0.3) is 0 Å². The normalized spacial score (nSPS) is 10.1. The molecule has 1 aromatic heterocycles. The Morgan fingerprint density at radius 2 is 2.35 bits per heavy atom. The zero-order valence-electron chi connectivity index (χ0n) is 8.91. The maximum Gasteiger partial charge on any atom is 0.356 e. The van der Waals surface area contributed by atoms with Gasteiger partial charge in [-0.05, 0) is 6.07 Å². The molecule has 0 spiro atoms. The first-order chi connectivity index (χ1) is 8.04. The highest BCUT2D eigenvalue weighted by molar-refractivity contribution is 5.87. The van der Waals surface area contributed by atoms with Gasteiger partial charge >= 0.3 is 5.97 Å². The predicted octanol–water partition coefficient (Wildman–Crippen LogP) is 1.14. The van der Waals surface area contributed by atoms with Crippen LogP contribution in [-0.2, 0) is 11.3 Å². The second-order valence-electron chi connectivity index (χ2n) is 3.03. The second kappa shape index (κ2) is 5.32. The molecule has 0 atom stereocenters. The molecule has 1 heterocycles. The van der Waals surface area contributed by atoms with Gasteiger partial charge in [-0.25, -0.2) is 18.6 Å². The molecular formula is C10H9F2N3O2. The molecule has 0 aliphatic rings. The molecule has 1 rings (SSSR count). The Bertz CT molecular complexity index is 483. The summed E-state index contributed by atoms with van der Waals surface area (Å²) in [6.45, 7) is -0.253. The number of rotatable bonds is 3. The molecule has 90 valence electrons. The van der Waals surface area contributed by atoms with E-state index in [-0.39, 0.29) is 23.5 Å². The number of methoxy groups -OCH3 is 1. The summed E-state index contributed by atoms with van der Waals surface area (Å²) in [5, 5.41) is 8.77. The van der Waals surface area contributed by atoms with Gasteiger partial charge in [-0.15, -0.1) is 0 Å². The van der Waals surface area contributed by atoms with Crippen LogP contribution < -0.4 is 5.73 Å². The summed E-state index contributed by atoms with van der Waals surface area (Å²) in [5.41, 5.74) is 4.13. The van der Waals surface area contributed by atoms with E-state index in [0.717, 1.165) is 13.2 Å². The minimum absolute atomic E-state index is 0.0600. The summed E-state index contributed by atoms with van der Waals surface area (Å²) in [4.78, 5) is 14.8. The average molecular weight is 241 g/mol. The van der Waals surface area contributed by atoms with Gasteiger partial charge in [-0.2, -0.15) is 5.26 Å². The van der Waals surface area contributed by atoms with Crippen LogP contribution in [-0.4, -0.2) is 18.1 Å². The number of alkyl halides is 2. The number of halogens is 2. The first-order valence-corrected chi connectivity index (χ1v) is 4.55. The first kappa shape index (κ1) is 13.0. The topological polar surface area (TPSA) is 89.0 Å². The second-order valence-corrected chi connectivity index (χ2v) is 3.03. The molecule has 0 aromatic carbocycles. The molecule has 0 saturated heterocycles. The molecule has 0 amide bonds. The van der Waals surface area contributed by atoms with E-state index < -0.39 is 18.0 Å². The van der Waals surface area contributed by atoms with E-state index in [0.29, 0.717) is 0 Å². The number of nitrogens with zero attached hydrogens (tertiary/aromatic N) is 2. The highest BCUT2D eigenvalue weighted by atomic mass is 19.3. The van der Waals surface area contributed by atoms with Crippen LogP contribution in [0.1, 0.15) is 33.7 Å². The Morgan fingerprint density at radius 3 is 2.76 bits per heavy atom. The van der Waals surface area contributed by atoms with E-state index in [1.807, 2.05) is 0 Å². The van der Waals surface area contributed by atoms with Crippen molar-refractivity contribution in [3.05, 3.63) is 28.6 Å². The Morgan fingerprint density at radius 1 is 1.71 bits per heavy atom. The summed E-state index contributed by atoms with van der Waals surface area (Å²) in [6, 6.07) is 2.52. The van der Waals surface area contributed by atoms with Crippen LogP contribution in [0.5, 0.6) is 0 Å². The third-order valence-corrected chi connectivity index (χ3v) is 2.10. The molecule has 0 saturated carbocycles. The van der Waals surface area contributed by atoms with Crippen molar-refractivity contribution in [2.75, 3.05) is 7.11 Å². The van der Waals surface area contributed by atoms with E-state index in [4.69, 9.17) is 11.0 Å². The number of hydrogen-bond acceptors (Lipinski definition) is 5. The molecule has 1 aromatic rings. The Hall–Kier alpha value is -2.07. The lowest BCUT2D eigenvalue weighted by Gasteiger charge is -2.09. The van der Waals surface area contributed by atoms with Crippen molar-refractivity contribution in [1.29, 1.82) is 5.26 Å². The molecule has 0 bridgehead atoms. The molecule has 0 unspecified atom stereocenters. The summed E-state index contributed by atoms with van der Waals surface area (Å²) < 4.78 is 29.8. The highest BCUT2D eigenvalue weighted by Gasteiger charge is 2.21. The predicted molar refractivity (Wildman–Crippen MR) is 53.1 cm³/mol. The number of carbonyl (C=O) groups is 1. The van der Waals surface area contributed by atoms with Gasteiger partial charge < -0.3 is 10.5 Å². The van der Waals surface area contributed by atoms with Crippen LogP contribution >= 0.6 is 0 Å². The Labute approximate surface area is 95.8 Å². The van der Waals surface area contributed by atoms with Crippen molar-refractivity contribution in [3.63, 3.8) is 0 Å². The van der Waals surface area contributed by atoms with Crippen molar-refractivity contribution >= 4 is 5.97 Å². The van der Waals surface area contributed by atoms with Crippen molar-refractivity contribution in [2.45, 2.75) is 13.0 Å². The van der Waals surface area contributed by atoms with Crippen LogP contribution in [0.2, 0.25) is 0 Å². The molecule has 0 radical (unpaired) electrons. The molecule has 0 fully saturated rings. The first-order valence-electron chi connectivity index (χ1n) is 4.55. The van der Waals surface area contributed by atoms with E-state index in [1.54, 1.807) is 6.07 Å². The van der Waals surface area contributed by atoms with Gasteiger partial charge in [0.05, 0.1) is 7.11 Å². The van der Waals surface area contributed by atoms with Crippen LogP contribution in [0.4, 0.5) is 8.78 Å². The number of nitriles is 1. The van der Waals surface area contributed by atoms with Crippen molar-refractivity contribution in [2.24, 2.45) is 5.73 Å². The van der Waals surface area contributed by atoms with Crippen LogP contribution in [0.3, 0.4) is 0 Å². The van der Waals surface area contributed by atoms with Crippen LogP contribution in [0, 0.1) is 11.3 Å². The fraction of sp³-hybridized carbons (Fsp3) is 0.300. The number of nitrogens with two attached hydrogens (primary N) is 1. The smallest absolute Gasteiger partial charge is 0.356 e. The molecule has 7 heteroatoms. The summed E-state index contributed by atoms with van der Waals surface area (Å²) in [5.74, 6) is -0.882. The minimum atomic E-state index is -2.84. The maximum atomic E-state index is 12.7.